The Morgan fingerprint density at radius 1 is 0.837 bits per heavy atom. The number of rotatable bonds is 11. The molecule has 4 rings (SSSR count). The topological polar surface area (TPSA) is 131 Å². The van der Waals surface area contributed by atoms with E-state index >= 15 is 0 Å². The first kappa shape index (κ1) is 32.0. The molecule has 10 nitrogen and oxygen atoms in total. The number of hydrogen-bond donors (Lipinski definition) is 2. The summed E-state index contributed by atoms with van der Waals surface area (Å²) < 4.78 is 67.1. The fourth-order valence-electron chi connectivity index (χ4n) is 3.97. The Balaban J connectivity index is 1.56. The highest BCUT2D eigenvalue weighted by molar-refractivity contribution is 7.93. The summed E-state index contributed by atoms with van der Waals surface area (Å²) in [6.07, 6.45) is 0. The zero-order chi connectivity index (χ0) is 31.4. The van der Waals surface area contributed by atoms with Crippen molar-refractivity contribution in [1.82, 2.24) is 0 Å². The molecule has 0 aliphatic carbocycles. The van der Waals surface area contributed by atoms with Crippen LogP contribution in [-0.2, 0) is 24.8 Å². The van der Waals surface area contributed by atoms with Crippen molar-refractivity contribution in [3.63, 3.8) is 0 Å². The molecule has 0 saturated carbocycles. The van der Waals surface area contributed by atoms with E-state index in [1.807, 2.05) is 6.92 Å². The molecule has 0 spiro atoms. The summed E-state index contributed by atoms with van der Waals surface area (Å²) in [5, 5.41) is 2.67. The van der Waals surface area contributed by atoms with Gasteiger partial charge in [-0.05, 0) is 67.6 Å². The van der Waals surface area contributed by atoms with Crippen molar-refractivity contribution in [1.29, 1.82) is 0 Å². The van der Waals surface area contributed by atoms with Crippen LogP contribution in [0.25, 0.3) is 0 Å². The Labute approximate surface area is 260 Å². The largest absolute Gasteiger partial charge is 0.497 e. The van der Waals surface area contributed by atoms with Crippen LogP contribution in [0.2, 0.25) is 10.0 Å². The number of nitrogens with zero attached hydrogens (tertiary/aromatic N) is 1. The van der Waals surface area contributed by atoms with Crippen LogP contribution in [0.5, 0.6) is 11.5 Å². The summed E-state index contributed by atoms with van der Waals surface area (Å²) >= 11 is 12.5. The molecule has 0 saturated heterocycles. The van der Waals surface area contributed by atoms with Gasteiger partial charge in [0.15, 0.2) is 0 Å². The van der Waals surface area contributed by atoms with E-state index in [9.17, 15) is 21.6 Å². The molecule has 4 aromatic rings. The zero-order valence-corrected chi connectivity index (χ0v) is 26.3. The minimum Gasteiger partial charge on any atom is -0.497 e. The molecule has 14 heteroatoms. The van der Waals surface area contributed by atoms with E-state index in [-0.39, 0.29) is 36.9 Å². The Hall–Kier alpha value is -3.97. The first-order valence-electron chi connectivity index (χ1n) is 12.5. The van der Waals surface area contributed by atoms with E-state index in [1.165, 1.54) is 74.9 Å². The normalized spacial score (nSPS) is 11.5. The lowest BCUT2D eigenvalue weighted by molar-refractivity contribution is -0.114. The molecule has 2 N–H and O–H groups in total. The van der Waals surface area contributed by atoms with Gasteiger partial charge in [-0.2, -0.15) is 0 Å². The first-order chi connectivity index (χ1) is 20.3. The molecule has 0 radical (unpaired) electrons. The van der Waals surface area contributed by atoms with Crippen molar-refractivity contribution in [2.45, 2.75) is 16.7 Å². The van der Waals surface area contributed by atoms with Gasteiger partial charge in [-0.15, -0.1) is 0 Å². The molecule has 226 valence electrons. The summed E-state index contributed by atoms with van der Waals surface area (Å²) in [7, 11) is -5.43. The van der Waals surface area contributed by atoms with Gasteiger partial charge in [0.25, 0.3) is 20.0 Å². The van der Waals surface area contributed by atoms with Crippen molar-refractivity contribution >= 4 is 66.2 Å². The van der Waals surface area contributed by atoms with Gasteiger partial charge in [0.05, 0.1) is 45.4 Å². The van der Waals surface area contributed by atoms with Gasteiger partial charge < -0.3 is 14.8 Å². The minimum atomic E-state index is -4.24. The number of sulfonamides is 2. The van der Waals surface area contributed by atoms with Crippen molar-refractivity contribution in [3.05, 3.63) is 101 Å². The number of carbonyl (C=O) groups excluding carboxylic acids is 1. The van der Waals surface area contributed by atoms with Crippen LogP contribution in [0.1, 0.15) is 5.56 Å². The molecule has 0 fully saturated rings. The van der Waals surface area contributed by atoms with E-state index in [0.717, 1.165) is 9.87 Å². The second kappa shape index (κ2) is 13.1. The third-order valence-corrected chi connectivity index (χ3v) is 10.2. The molecule has 0 aromatic heterocycles. The number of amides is 1. The van der Waals surface area contributed by atoms with Gasteiger partial charge in [0, 0.05) is 11.8 Å². The monoisotopic (exact) mass is 663 g/mol. The lowest BCUT2D eigenvalue weighted by Gasteiger charge is -2.25. The van der Waals surface area contributed by atoms with Crippen LogP contribution < -0.4 is 23.8 Å². The molecule has 4 aromatic carbocycles. The van der Waals surface area contributed by atoms with Crippen LogP contribution in [0.15, 0.2) is 94.7 Å². The van der Waals surface area contributed by atoms with Gasteiger partial charge in [-0.25, -0.2) is 16.8 Å². The maximum absolute atomic E-state index is 13.6. The van der Waals surface area contributed by atoms with E-state index < -0.39 is 32.5 Å². The third kappa shape index (κ3) is 7.34. The lowest BCUT2D eigenvalue weighted by Crippen LogP contribution is -2.38. The lowest BCUT2D eigenvalue weighted by atomic mass is 10.2. The second-order valence-corrected chi connectivity index (χ2v) is 13.5. The number of carbonyl (C=O) groups is 1. The van der Waals surface area contributed by atoms with Crippen LogP contribution in [-0.4, -0.2) is 43.5 Å². The quantitative estimate of drug-likeness (QED) is 0.203. The number of benzene rings is 4. The third-order valence-electron chi connectivity index (χ3n) is 6.20. The maximum atomic E-state index is 13.6. The fraction of sp³-hybridized carbons (Fsp3) is 0.138. The Kier molecular flexibility index (Phi) is 9.75. The molecule has 43 heavy (non-hydrogen) atoms. The van der Waals surface area contributed by atoms with E-state index in [2.05, 4.69) is 10.0 Å². The predicted molar refractivity (Wildman–Crippen MR) is 168 cm³/mol. The minimum absolute atomic E-state index is 0.0189. The van der Waals surface area contributed by atoms with Crippen molar-refractivity contribution in [3.8, 4) is 11.5 Å². The molecule has 0 bridgehead atoms. The average Bonchev–Trinajstić information content (AvgIpc) is 2.97. The number of halogens is 2. The van der Waals surface area contributed by atoms with Crippen molar-refractivity contribution in [2.75, 3.05) is 35.1 Å². The van der Waals surface area contributed by atoms with Gasteiger partial charge in [0.1, 0.15) is 18.0 Å². The molecule has 0 atom stereocenters. The zero-order valence-electron chi connectivity index (χ0n) is 23.2. The summed E-state index contributed by atoms with van der Waals surface area (Å²) in [5.41, 5.74) is 1.28. The molecule has 1 amide bonds. The fourth-order valence-corrected chi connectivity index (χ4v) is 6.91. The van der Waals surface area contributed by atoms with Crippen LogP contribution in [0.3, 0.4) is 0 Å². The van der Waals surface area contributed by atoms with Gasteiger partial charge in [-0.3, -0.25) is 13.8 Å². The predicted octanol–water partition coefficient (Wildman–Crippen LogP) is 5.95. The summed E-state index contributed by atoms with van der Waals surface area (Å²) in [6.45, 7) is 1.17. The number of ether oxygens (including phenoxy) is 2. The van der Waals surface area contributed by atoms with Crippen molar-refractivity contribution in [2.24, 2.45) is 0 Å². The highest BCUT2D eigenvalue weighted by atomic mass is 35.5. The smallest absolute Gasteiger partial charge is 0.264 e. The maximum Gasteiger partial charge on any atom is 0.264 e. The van der Waals surface area contributed by atoms with Gasteiger partial charge >= 0.3 is 0 Å². The molecule has 0 heterocycles. The Morgan fingerprint density at radius 3 is 2.12 bits per heavy atom. The molecular weight excluding hydrogens is 637 g/mol. The highest BCUT2D eigenvalue weighted by Gasteiger charge is 2.29. The SMILES string of the molecule is COc1ccc(OC)c(NS(=O)(=O)c2ccc(NC(=O)CN(c3cccc(Cl)c3Cl)S(=O)(=O)c3ccc(C)cc3)cc2)c1. The molecule has 0 unspecified atom stereocenters. The molecule has 0 aliphatic rings. The van der Waals surface area contributed by atoms with Crippen LogP contribution in [0.4, 0.5) is 17.1 Å². The number of methoxy groups -OCH3 is 2. The number of hydrogen-bond acceptors (Lipinski definition) is 7. The Bertz CT molecular complexity index is 1850. The van der Waals surface area contributed by atoms with Crippen LogP contribution >= 0.6 is 23.2 Å². The molecule has 0 aliphatic heterocycles. The second-order valence-electron chi connectivity index (χ2n) is 9.14. The van der Waals surface area contributed by atoms with Gasteiger partial charge in [0.2, 0.25) is 5.91 Å². The van der Waals surface area contributed by atoms with E-state index in [1.54, 1.807) is 24.3 Å². The average molecular weight is 665 g/mol. The number of nitrogens with one attached hydrogen (secondary N) is 2. The summed E-state index contributed by atoms with van der Waals surface area (Å²) in [4.78, 5) is 13.0. The summed E-state index contributed by atoms with van der Waals surface area (Å²) in [6, 6.07) is 20.6. The Morgan fingerprint density at radius 2 is 1.49 bits per heavy atom. The summed E-state index contributed by atoms with van der Waals surface area (Å²) in [5.74, 6) is 0.00819. The van der Waals surface area contributed by atoms with E-state index in [4.69, 9.17) is 32.7 Å². The van der Waals surface area contributed by atoms with Crippen LogP contribution in [0, 0.1) is 6.92 Å². The van der Waals surface area contributed by atoms with E-state index in [0.29, 0.717) is 11.5 Å². The standard InChI is InChI=1S/C29H27Cl2N3O7S2/c1-19-7-12-23(13-8-19)43(38,39)34(26-6-4-5-24(30)29(26)31)18-28(35)32-20-9-14-22(15-10-20)42(36,37)33-25-17-21(40-2)11-16-27(25)41-3/h4-17,33H,18H2,1-3H3,(H,32,35). The highest BCUT2D eigenvalue weighted by Crippen LogP contribution is 2.36. The number of anilines is 3. The van der Waals surface area contributed by atoms with Crippen molar-refractivity contribution < 1.29 is 31.1 Å². The first-order valence-corrected chi connectivity index (χ1v) is 16.2. The molecular formula is C29H27Cl2N3O7S2. The number of aryl methyl sites for hydroxylation is 1. The van der Waals surface area contributed by atoms with Gasteiger partial charge in [-0.1, -0.05) is 47.0 Å².